The Morgan fingerprint density at radius 3 is 2.44 bits per heavy atom. The summed E-state index contributed by atoms with van der Waals surface area (Å²) in [7, 11) is 3.73. The number of nitrogens with zero attached hydrogens (tertiary/aromatic N) is 3. The van der Waals surface area contributed by atoms with Crippen molar-refractivity contribution in [1.29, 1.82) is 0 Å². The van der Waals surface area contributed by atoms with E-state index >= 15 is 0 Å². The van der Waals surface area contributed by atoms with Crippen LogP contribution in [0.2, 0.25) is 8.67 Å². The summed E-state index contributed by atoms with van der Waals surface area (Å²) in [6.07, 6.45) is 0. The van der Waals surface area contributed by atoms with Gasteiger partial charge in [-0.25, -0.2) is 13.8 Å². The van der Waals surface area contributed by atoms with Crippen LogP contribution in [0.3, 0.4) is 0 Å². The van der Waals surface area contributed by atoms with Crippen LogP contribution in [0.5, 0.6) is 0 Å². The van der Waals surface area contributed by atoms with Crippen molar-refractivity contribution in [3.8, 4) is 0 Å². The summed E-state index contributed by atoms with van der Waals surface area (Å²) >= 11 is 14.2. The molecule has 1 amide bonds. The smallest absolute Gasteiger partial charge is 0.262 e. The summed E-state index contributed by atoms with van der Waals surface area (Å²) in [5, 5.41) is 0.273. The molecule has 11 heteroatoms. The van der Waals surface area contributed by atoms with E-state index in [0.29, 0.717) is 22.1 Å². The topological polar surface area (TPSA) is 36.4 Å². The van der Waals surface area contributed by atoms with Crippen LogP contribution in [-0.2, 0) is 0 Å². The Morgan fingerprint density at radius 1 is 1.15 bits per heavy atom. The summed E-state index contributed by atoms with van der Waals surface area (Å²) in [5.74, 6) is -1.84. The number of benzene rings is 1. The maximum Gasteiger partial charge on any atom is 0.262 e. The van der Waals surface area contributed by atoms with Crippen LogP contribution in [0.15, 0.2) is 18.2 Å². The average molecular weight is 473 g/mol. The van der Waals surface area contributed by atoms with Gasteiger partial charge in [0.15, 0.2) is 10.9 Å². The van der Waals surface area contributed by atoms with Crippen LogP contribution in [0.4, 0.5) is 13.9 Å². The van der Waals surface area contributed by atoms with Gasteiger partial charge in [0.1, 0.15) is 15.7 Å². The fraction of sp³-hybridized carbons (Fsp3) is 0.250. The molecule has 0 aliphatic rings. The van der Waals surface area contributed by atoms with Crippen LogP contribution in [-0.4, -0.2) is 43.0 Å². The molecule has 0 radical (unpaired) electrons. The van der Waals surface area contributed by atoms with Crippen molar-refractivity contribution in [1.82, 2.24) is 9.88 Å². The van der Waals surface area contributed by atoms with Crippen molar-refractivity contribution in [2.45, 2.75) is 0 Å². The average Bonchev–Trinajstić information content (AvgIpc) is 3.10. The van der Waals surface area contributed by atoms with Gasteiger partial charge < -0.3 is 4.90 Å². The molecular weight excluding hydrogens is 459 g/mol. The highest BCUT2D eigenvalue weighted by molar-refractivity contribution is 7.22. The van der Waals surface area contributed by atoms with Crippen LogP contribution in [0.1, 0.15) is 10.4 Å². The van der Waals surface area contributed by atoms with Crippen LogP contribution < -0.4 is 4.90 Å². The Labute approximate surface area is 178 Å². The summed E-state index contributed by atoms with van der Waals surface area (Å²) in [5.41, 5.74) is 0.287. The lowest BCUT2D eigenvalue weighted by Crippen LogP contribution is -2.36. The van der Waals surface area contributed by atoms with E-state index in [1.165, 1.54) is 17.0 Å². The SMILES string of the molecule is CN(C)CCN(C(=O)c1cc(Cl)sc1Cl)c1nc2c(F)cc(F)cc2s1.Cl. The van der Waals surface area contributed by atoms with E-state index in [-0.39, 0.29) is 38.9 Å². The molecule has 0 bridgehead atoms. The lowest BCUT2D eigenvalue weighted by atomic mass is 10.3. The standard InChI is InChI=1S/C16H13Cl2F2N3OS2.ClH/c1-22(2)3-4-23(15(24)9-7-12(17)26-14(9)18)16-21-13-10(20)5-8(19)6-11(13)25-16;/h5-7H,3-4H2,1-2H3;1H. The molecule has 2 aromatic heterocycles. The highest BCUT2D eigenvalue weighted by Crippen LogP contribution is 2.35. The third-order valence-electron chi connectivity index (χ3n) is 3.54. The fourth-order valence-electron chi connectivity index (χ4n) is 2.28. The first-order valence-electron chi connectivity index (χ1n) is 7.43. The van der Waals surface area contributed by atoms with E-state index in [0.717, 1.165) is 28.7 Å². The molecule has 0 N–H and O–H groups in total. The van der Waals surface area contributed by atoms with Crippen molar-refractivity contribution in [3.05, 3.63) is 44.1 Å². The number of fused-ring (bicyclic) bond motifs is 1. The Bertz CT molecular complexity index is 977. The molecule has 27 heavy (non-hydrogen) atoms. The molecule has 0 atom stereocenters. The van der Waals surface area contributed by atoms with E-state index < -0.39 is 11.6 Å². The maximum atomic E-state index is 14.0. The van der Waals surface area contributed by atoms with E-state index in [1.807, 2.05) is 19.0 Å². The number of anilines is 1. The zero-order chi connectivity index (χ0) is 19.0. The lowest BCUT2D eigenvalue weighted by molar-refractivity contribution is 0.0986. The number of hydrogen-bond donors (Lipinski definition) is 0. The zero-order valence-corrected chi connectivity index (χ0v) is 18.1. The third kappa shape index (κ3) is 4.88. The fourth-order valence-corrected chi connectivity index (χ4v) is 4.75. The Hall–Kier alpha value is -1.03. The number of thiophene rings is 1. The third-order valence-corrected chi connectivity index (χ3v) is 6.05. The highest BCUT2D eigenvalue weighted by atomic mass is 35.5. The van der Waals surface area contributed by atoms with Crippen molar-refractivity contribution < 1.29 is 13.6 Å². The molecule has 0 saturated carbocycles. The monoisotopic (exact) mass is 471 g/mol. The lowest BCUT2D eigenvalue weighted by Gasteiger charge is -2.21. The minimum atomic E-state index is -0.765. The molecule has 0 aliphatic heterocycles. The molecule has 4 nitrogen and oxygen atoms in total. The van der Waals surface area contributed by atoms with E-state index in [4.69, 9.17) is 23.2 Å². The molecule has 3 aromatic rings. The summed E-state index contributed by atoms with van der Waals surface area (Å²) in [6.45, 7) is 0.855. The second-order valence-corrected chi connectivity index (χ2v) is 9.02. The van der Waals surface area contributed by atoms with Gasteiger partial charge in [-0.05, 0) is 26.2 Å². The number of likely N-dealkylation sites (N-methyl/N-ethyl adjacent to an activating group) is 1. The van der Waals surface area contributed by atoms with Crippen LogP contribution >= 0.6 is 58.3 Å². The van der Waals surface area contributed by atoms with Gasteiger partial charge in [0.05, 0.1) is 14.6 Å². The highest BCUT2D eigenvalue weighted by Gasteiger charge is 2.25. The second kappa shape index (κ2) is 8.98. The zero-order valence-electron chi connectivity index (χ0n) is 14.1. The van der Waals surface area contributed by atoms with Crippen molar-refractivity contribution in [2.24, 2.45) is 0 Å². The Morgan fingerprint density at radius 2 is 1.85 bits per heavy atom. The van der Waals surface area contributed by atoms with Crippen LogP contribution in [0.25, 0.3) is 10.2 Å². The summed E-state index contributed by atoms with van der Waals surface area (Å²) in [6, 6.07) is 3.46. The number of rotatable bonds is 5. The predicted molar refractivity (Wildman–Crippen MR) is 111 cm³/mol. The number of thiazole rings is 1. The molecule has 2 heterocycles. The number of carbonyl (C=O) groups excluding carboxylic acids is 1. The molecule has 0 spiro atoms. The quantitative estimate of drug-likeness (QED) is 0.487. The number of halogens is 5. The largest absolute Gasteiger partial charge is 0.308 e. The number of carbonyl (C=O) groups is 1. The minimum absolute atomic E-state index is 0. The molecule has 0 fully saturated rings. The first kappa shape index (κ1) is 22.3. The second-order valence-electron chi connectivity index (χ2n) is 5.73. The summed E-state index contributed by atoms with van der Waals surface area (Å²) < 4.78 is 28.4. The van der Waals surface area contributed by atoms with E-state index in [1.54, 1.807) is 0 Å². The molecule has 0 unspecified atom stereocenters. The summed E-state index contributed by atoms with van der Waals surface area (Å²) in [4.78, 5) is 20.5. The van der Waals surface area contributed by atoms with Gasteiger partial charge in [0.2, 0.25) is 0 Å². The first-order valence-corrected chi connectivity index (χ1v) is 9.82. The van der Waals surface area contributed by atoms with E-state index in [9.17, 15) is 13.6 Å². The van der Waals surface area contributed by atoms with Gasteiger partial charge >= 0.3 is 0 Å². The van der Waals surface area contributed by atoms with Gasteiger partial charge in [0.25, 0.3) is 5.91 Å². The Kier molecular flexibility index (Phi) is 7.40. The van der Waals surface area contributed by atoms with Gasteiger partial charge in [-0.3, -0.25) is 9.69 Å². The molecule has 0 aliphatic carbocycles. The molecule has 1 aromatic carbocycles. The first-order chi connectivity index (χ1) is 12.3. The van der Waals surface area contributed by atoms with Gasteiger partial charge in [-0.2, -0.15) is 0 Å². The van der Waals surface area contributed by atoms with Crippen molar-refractivity contribution >= 4 is 79.5 Å². The molecule has 146 valence electrons. The van der Waals surface area contributed by atoms with Gasteiger partial charge in [-0.15, -0.1) is 23.7 Å². The maximum absolute atomic E-state index is 14.0. The van der Waals surface area contributed by atoms with Gasteiger partial charge in [-0.1, -0.05) is 34.5 Å². The number of hydrogen-bond acceptors (Lipinski definition) is 5. The molecular formula is C16H14Cl3F2N3OS2. The van der Waals surface area contributed by atoms with Crippen molar-refractivity contribution in [2.75, 3.05) is 32.1 Å². The normalized spacial score (nSPS) is 11.1. The van der Waals surface area contributed by atoms with E-state index in [2.05, 4.69) is 4.98 Å². The molecule has 0 saturated heterocycles. The van der Waals surface area contributed by atoms with Crippen molar-refractivity contribution in [3.63, 3.8) is 0 Å². The molecule has 3 rings (SSSR count). The number of amides is 1. The van der Waals surface area contributed by atoms with Gasteiger partial charge in [0, 0.05) is 19.2 Å². The van der Waals surface area contributed by atoms with Crippen LogP contribution in [0, 0.1) is 11.6 Å². The number of aromatic nitrogens is 1. The Balaban J connectivity index is 0.00000261. The minimum Gasteiger partial charge on any atom is -0.308 e. The predicted octanol–water partition coefficient (Wildman–Crippen LogP) is 5.57.